The van der Waals surface area contributed by atoms with Gasteiger partial charge >= 0.3 is 5.97 Å². The zero-order valence-corrected chi connectivity index (χ0v) is 10.4. The Bertz CT molecular complexity index is 278. The molecule has 0 aliphatic heterocycles. The highest BCUT2D eigenvalue weighted by molar-refractivity contribution is 5.86. The minimum atomic E-state index is -0.265. The van der Waals surface area contributed by atoms with Gasteiger partial charge in [0.1, 0.15) is 0 Å². The maximum atomic E-state index is 11.3. The first-order chi connectivity index (χ1) is 6.78. The van der Waals surface area contributed by atoms with Crippen molar-refractivity contribution in [2.75, 3.05) is 6.61 Å². The molecule has 0 N–H and O–H groups in total. The Morgan fingerprint density at radius 2 is 1.93 bits per heavy atom. The standard InChI is InChI=1S/C13H22O2/c1-10(2)11(14)15-9-13(5)8-6-7-12(13,3)4/h1,6-9H2,2-5H3. The topological polar surface area (TPSA) is 26.3 Å². The summed E-state index contributed by atoms with van der Waals surface area (Å²) in [5.74, 6) is -0.265. The Labute approximate surface area is 92.7 Å². The van der Waals surface area contributed by atoms with Crippen molar-refractivity contribution in [1.29, 1.82) is 0 Å². The van der Waals surface area contributed by atoms with Gasteiger partial charge in [-0.05, 0) is 25.2 Å². The van der Waals surface area contributed by atoms with Crippen molar-refractivity contribution in [2.45, 2.75) is 47.0 Å². The molecular formula is C13H22O2. The van der Waals surface area contributed by atoms with Gasteiger partial charge in [-0.25, -0.2) is 4.79 Å². The summed E-state index contributed by atoms with van der Waals surface area (Å²) in [6.45, 7) is 12.5. The predicted octanol–water partition coefficient (Wildman–Crippen LogP) is 3.32. The molecule has 0 bridgehead atoms. The van der Waals surface area contributed by atoms with Crippen LogP contribution < -0.4 is 0 Å². The van der Waals surface area contributed by atoms with Gasteiger partial charge in [0.2, 0.25) is 0 Å². The summed E-state index contributed by atoms with van der Waals surface area (Å²) in [7, 11) is 0. The molecule has 15 heavy (non-hydrogen) atoms. The molecule has 0 heterocycles. The molecule has 2 nitrogen and oxygen atoms in total. The third-order valence-electron chi connectivity index (χ3n) is 4.03. The molecule has 0 saturated heterocycles. The Morgan fingerprint density at radius 1 is 1.33 bits per heavy atom. The van der Waals surface area contributed by atoms with E-state index in [2.05, 4.69) is 27.4 Å². The molecule has 0 amide bonds. The average molecular weight is 210 g/mol. The van der Waals surface area contributed by atoms with Crippen molar-refractivity contribution in [3.63, 3.8) is 0 Å². The summed E-state index contributed by atoms with van der Waals surface area (Å²) in [5, 5.41) is 0. The lowest BCUT2D eigenvalue weighted by Gasteiger charge is -2.37. The smallest absolute Gasteiger partial charge is 0.333 e. The van der Waals surface area contributed by atoms with E-state index >= 15 is 0 Å². The van der Waals surface area contributed by atoms with E-state index < -0.39 is 0 Å². The van der Waals surface area contributed by atoms with Gasteiger partial charge in [-0.3, -0.25) is 0 Å². The van der Waals surface area contributed by atoms with Crippen LogP contribution in [0.15, 0.2) is 12.2 Å². The highest BCUT2D eigenvalue weighted by Gasteiger charge is 2.45. The molecule has 0 radical (unpaired) electrons. The zero-order valence-electron chi connectivity index (χ0n) is 10.4. The number of carbonyl (C=O) groups is 1. The zero-order chi connectivity index (χ0) is 11.7. The summed E-state index contributed by atoms with van der Waals surface area (Å²) >= 11 is 0. The number of hydrogen-bond donors (Lipinski definition) is 0. The molecule has 1 atom stereocenters. The predicted molar refractivity (Wildman–Crippen MR) is 61.5 cm³/mol. The van der Waals surface area contributed by atoms with Crippen LogP contribution in [-0.2, 0) is 9.53 Å². The minimum Gasteiger partial charge on any atom is -0.462 e. The lowest BCUT2D eigenvalue weighted by atomic mass is 9.70. The number of hydrogen-bond acceptors (Lipinski definition) is 2. The summed E-state index contributed by atoms with van der Waals surface area (Å²) in [6, 6.07) is 0. The molecule has 0 spiro atoms. The SMILES string of the molecule is C=C(C)C(=O)OCC1(C)CCCC1(C)C. The Morgan fingerprint density at radius 3 is 2.33 bits per heavy atom. The molecule has 1 aliphatic carbocycles. The third kappa shape index (κ3) is 2.42. The van der Waals surface area contributed by atoms with Crippen LogP contribution >= 0.6 is 0 Å². The van der Waals surface area contributed by atoms with E-state index in [1.54, 1.807) is 6.92 Å². The third-order valence-corrected chi connectivity index (χ3v) is 4.03. The normalized spacial score (nSPS) is 28.8. The molecule has 1 fully saturated rings. The van der Waals surface area contributed by atoms with Gasteiger partial charge in [-0.15, -0.1) is 0 Å². The molecule has 0 aromatic heterocycles. The van der Waals surface area contributed by atoms with Gasteiger partial charge in [0.05, 0.1) is 6.61 Å². The fourth-order valence-corrected chi connectivity index (χ4v) is 2.18. The molecule has 1 saturated carbocycles. The molecule has 1 unspecified atom stereocenters. The van der Waals surface area contributed by atoms with Crippen molar-refractivity contribution in [3.05, 3.63) is 12.2 Å². The number of esters is 1. The van der Waals surface area contributed by atoms with Gasteiger partial charge in [0.15, 0.2) is 0 Å². The Kier molecular flexibility index (Phi) is 3.27. The van der Waals surface area contributed by atoms with Crippen LogP contribution in [0.3, 0.4) is 0 Å². The number of rotatable bonds is 3. The van der Waals surface area contributed by atoms with Crippen molar-refractivity contribution >= 4 is 5.97 Å². The van der Waals surface area contributed by atoms with E-state index in [-0.39, 0.29) is 16.8 Å². The van der Waals surface area contributed by atoms with Crippen molar-refractivity contribution in [2.24, 2.45) is 10.8 Å². The quantitative estimate of drug-likeness (QED) is 0.527. The summed E-state index contributed by atoms with van der Waals surface area (Å²) < 4.78 is 5.29. The van der Waals surface area contributed by atoms with Gasteiger partial charge in [0.25, 0.3) is 0 Å². The lowest BCUT2D eigenvalue weighted by molar-refractivity contribution is -0.144. The summed E-state index contributed by atoms with van der Waals surface area (Å²) in [6.07, 6.45) is 3.59. The van der Waals surface area contributed by atoms with E-state index in [4.69, 9.17) is 4.74 Å². The second-order valence-corrected chi connectivity index (χ2v) is 5.65. The fourth-order valence-electron chi connectivity index (χ4n) is 2.18. The van der Waals surface area contributed by atoms with Crippen LogP contribution in [0.5, 0.6) is 0 Å². The molecule has 2 heteroatoms. The maximum Gasteiger partial charge on any atom is 0.333 e. The average Bonchev–Trinajstić information content (AvgIpc) is 2.38. The van der Waals surface area contributed by atoms with Crippen molar-refractivity contribution < 1.29 is 9.53 Å². The Balaban J connectivity index is 2.58. The van der Waals surface area contributed by atoms with Crippen molar-refractivity contribution in [1.82, 2.24) is 0 Å². The van der Waals surface area contributed by atoms with Crippen LogP contribution in [-0.4, -0.2) is 12.6 Å². The second-order valence-electron chi connectivity index (χ2n) is 5.65. The molecule has 0 aromatic carbocycles. The van der Waals surface area contributed by atoms with E-state index in [0.717, 1.165) is 6.42 Å². The molecule has 1 aliphatic rings. The van der Waals surface area contributed by atoms with E-state index in [1.807, 2.05) is 0 Å². The fraction of sp³-hybridized carbons (Fsp3) is 0.769. The monoisotopic (exact) mass is 210 g/mol. The largest absolute Gasteiger partial charge is 0.462 e. The van der Waals surface area contributed by atoms with Gasteiger partial charge < -0.3 is 4.74 Å². The highest BCUT2D eigenvalue weighted by atomic mass is 16.5. The number of carbonyl (C=O) groups excluding carboxylic acids is 1. The molecule has 0 aromatic rings. The van der Waals surface area contributed by atoms with Gasteiger partial charge in [-0.2, -0.15) is 0 Å². The van der Waals surface area contributed by atoms with Crippen LogP contribution in [0, 0.1) is 10.8 Å². The lowest BCUT2D eigenvalue weighted by Crippen LogP contribution is -2.35. The number of ether oxygens (including phenoxy) is 1. The van der Waals surface area contributed by atoms with Crippen LogP contribution in [0.1, 0.15) is 47.0 Å². The highest BCUT2D eigenvalue weighted by Crippen LogP contribution is 2.52. The second kappa shape index (κ2) is 3.99. The minimum absolute atomic E-state index is 0.123. The molecular weight excluding hydrogens is 188 g/mol. The van der Waals surface area contributed by atoms with Crippen molar-refractivity contribution in [3.8, 4) is 0 Å². The van der Waals surface area contributed by atoms with E-state index in [9.17, 15) is 4.79 Å². The van der Waals surface area contributed by atoms with Crippen LogP contribution in [0.25, 0.3) is 0 Å². The van der Waals surface area contributed by atoms with Gasteiger partial charge in [0, 0.05) is 11.0 Å². The first-order valence-corrected chi connectivity index (χ1v) is 5.61. The van der Waals surface area contributed by atoms with Gasteiger partial charge in [-0.1, -0.05) is 33.8 Å². The maximum absolute atomic E-state index is 11.3. The Hall–Kier alpha value is -0.790. The van der Waals surface area contributed by atoms with Crippen LogP contribution in [0.4, 0.5) is 0 Å². The first-order valence-electron chi connectivity index (χ1n) is 5.61. The molecule has 86 valence electrons. The van der Waals surface area contributed by atoms with Crippen LogP contribution in [0.2, 0.25) is 0 Å². The summed E-state index contributed by atoms with van der Waals surface area (Å²) in [4.78, 5) is 11.3. The first kappa shape index (κ1) is 12.3. The van der Waals surface area contributed by atoms with E-state index in [0.29, 0.717) is 12.2 Å². The summed E-state index contributed by atoms with van der Waals surface area (Å²) in [5.41, 5.74) is 0.870. The molecule has 1 rings (SSSR count). The van der Waals surface area contributed by atoms with E-state index in [1.165, 1.54) is 12.8 Å².